The van der Waals surface area contributed by atoms with E-state index < -0.39 is 12.1 Å². The van der Waals surface area contributed by atoms with Crippen molar-refractivity contribution in [1.29, 1.82) is 0 Å². The van der Waals surface area contributed by atoms with Crippen molar-refractivity contribution in [3.63, 3.8) is 0 Å². The van der Waals surface area contributed by atoms with E-state index in [4.69, 9.17) is 9.84 Å². The maximum Gasteiger partial charge on any atom is 0.333 e. The molecule has 4 nitrogen and oxygen atoms in total. The van der Waals surface area contributed by atoms with Crippen molar-refractivity contribution in [2.45, 2.75) is 12.5 Å². The number of H-pyrrole nitrogens is 1. The van der Waals surface area contributed by atoms with E-state index in [1.54, 1.807) is 18.3 Å². The monoisotopic (exact) mass is 237 g/mol. The van der Waals surface area contributed by atoms with Crippen molar-refractivity contribution >= 4 is 16.9 Å². The van der Waals surface area contributed by atoms with Crippen LogP contribution in [0.5, 0.6) is 0 Å². The summed E-state index contributed by atoms with van der Waals surface area (Å²) in [7, 11) is 1.32. The number of carboxylic acids is 1. The van der Waals surface area contributed by atoms with Gasteiger partial charge in [-0.3, -0.25) is 0 Å². The van der Waals surface area contributed by atoms with Crippen LogP contribution >= 0.6 is 0 Å². The fourth-order valence-corrected chi connectivity index (χ4v) is 1.84. The SMILES string of the molecule is COC(Cc1c[nH]c2cccc(F)c12)C(=O)O. The summed E-state index contributed by atoms with van der Waals surface area (Å²) in [6, 6.07) is 4.69. The predicted octanol–water partition coefficient (Wildman–Crippen LogP) is 1.95. The fourth-order valence-electron chi connectivity index (χ4n) is 1.84. The molecule has 1 aromatic heterocycles. The number of carbonyl (C=O) groups is 1. The van der Waals surface area contributed by atoms with E-state index in [0.29, 0.717) is 16.5 Å². The Hall–Kier alpha value is -1.88. The molecule has 0 saturated heterocycles. The van der Waals surface area contributed by atoms with Gasteiger partial charge in [0.05, 0.1) is 0 Å². The van der Waals surface area contributed by atoms with Gasteiger partial charge in [0.2, 0.25) is 0 Å². The number of benzene rings is 1. The summed E-state index contributed by atoms with van der Waals surface area (Å²) in [5.74, 6) is -1.42. The van der Waals surface area contributed by atoms with E-state index >= 15 is 0 Å². The molecule has 2 N–H and O–H groups in total. The number of aliphatic carboxylic acids is 1. The van der Waals surface area contributed by atoms with Crippen molar-refractivity contribution in [2.24, 2.45) is 0 Å². The molecule has 2 aromatic rings. The first-order valence-corrected chi connectivity index (χ1v) is 5.13. The summed E-state index contributed by atoms with van der Waals surface area (Å²) in [6.07, 6.45) is 0.781. The molecule has 0 fully saturated rings. The van der Waals surface area contributed by atoms with Crippen molar-refractivity contribution in [3.05, 3.63) is 35.8 Å². The Labute approximate surface area is 97.0 Å². The average molecular weight is 237 g/mol. The van der Waals surface area contributed by atoms with Gasteiger partial charge in [-0.1, -0.05) is 6.07 Å². The number of hydrogen-bond donors (Lipinski definition) is 2. The Morgan fingerprint density at radius 1 is 1.59 bits per heavy atom. The highest BCUT2D eigenvalue weighted by molar-refractivity contribution is 5.84. The third-order valence-electron chi connectivity index (χ3n) is 2.70. The van der Waals surface area contributed by atoms with E-state index in [2.05, 4.69) is 4.98 Å². The molecule has 90 valence electrons. The summed E-state index contributed by atoms with van der Waals surface area (Å²) in [5.41, 5.74) is 1.26. The zero-order valence-electron chi connectivity index (χ0n) is 9.24. The summed E-state index contributed by atoms with van der Waals surface area (Å²) in [5, 5.41) is 9.31. The summed E-state index contributed by atoms with van der Waals surface area (Å²) >= 11 is 0. The van der Waals surface area contributed by atoms with E-state index in [9.17, 15) is 9.18 Å². The second-order valence-corrected chi connectivity index (χ2v) is 3.74. The highest BCUT2D eigenvalue weighted by atomic mass is 19.1. The van der Waals surface area contributed by atoms with Gasteiger partial charge in [0, 0.05) is 30.6 Å². The van der Waals surface area contributed by atoms with Gasteiger partial charge in [0.15, 0.2) is 6.10 Å². The molecule has 0 aliphatic heterocycles. The summed E-state index contributed by atoms with van der Waals surface area (Å²) in [6.45, 7) is 0. The molecule has 0 aliphatic carbocycles. The molecule has 1 aromatic carbocycles. The molecule has 2 rings (SSSR count). The van der Waals surface area contributed by atoms with Crippen molar-refractivity contribution in [3.8, 4) is 0 Å². The minimum absolute atomic E-state index is 0.132. The smallest absolute Gasteiger partial charge is 0.333 e. The number of fused-ring (bicyclic) bond motifs is 1. The Balaban J connectivity index is 2.39. The normalized spacial score (nSPS) is 12.8. The lowest BCUT2D eigenvalue weighted by atomic mass is 10.1. The maximum atomic E-state index is 13.6. The third-order valence-corrected chi connectivity index (χ3v) is 2.70. The molecule has 1 heterocycles. The maximum absolute atomic E-state index is 13.6. The number of rotatable bonds is 4. The largest absolute Gasteiger partial charge is 0.479 e. The number of hydrogen-bond acceptors (Lipinski definition) is 2. The van der Waals surface area contributed by atoms with Crippen molar-refractivity contribution in [1.82, 2.24) is 4.98 Å². The molecule has 0 bridgehead atoms. The van der Waals surface area contributed by atoms with Crippen LogP contribution in [-0.4, -0.2) is 29.3 Å². The Bertz CT molecular complexity index is 550. The molecule has 0 saturated carbocycles. The van der Waals surface area contributed by atoms with Gasteiger partial charge < -0.3 is 14.8 Å². The standard InChI is InChI=1S/C12H12FNO3/c1-17-10(12(15)16)5-7-6-14-9-4-2-3-8(13)11(7)9/h2-4,6,10,14H,5H2,1H3,(H,15,16). The van der Waals surface area contributed by atoms with Crippen LogP contribution in [0.15, 0.2) is 24.4 Å². The average Bonchev–Trinajstić information content (AvgIpc) is 2.70. The molecule has 17 heavy (non-hydrogen) atoms. The second kappa shape index (κ2) is 4.55. The lowest BCUT2D eigenvalue weighted by molar-refractivity contribution is -0.148. The first-order valence-electron chi connectivity index (χ1n) is 5.13. The highest BCUT2D eigenvalue weighted by Gasteiger charge is 2.19. The number of carboxylic acid groups (broad SMARTS) is 1. The Morgan fingerprint density at radius 2 is 2.35 bits per heavy atom. The molecule has 1 unspecified atom stereocenters. The molecule has 0 amide bonds. The number of halogens is 1. The predicted molar refractivity (Wildman–Crippen MR) is 60.4 cm³/mol. The van der Waals surface area contributed by atoms with Gasteiger partial charge >= 0.3 is 5.97 Å². The van der Waals surface area contributed by atoms with Gasteiger partial charge in [0.1, 0.15) is 5.82 Å². The Kier molecular flexibility index (Phi) is 3.10. The summed E-state index contributed by atoms with van der Waals surface area (Å²) < 4.78 is 18.5. The van der Waals surface area contributed by atoms with Crippen LogP contribution in [0.1, 0.15) is 5.56 Å². The van der Waals surface area contributed by atoms with Crippen molar-refractivity contribution in [2.75, 3.05) is 7.11 Å². The van der Waals surface area contributed by atoms with Crippen LogP contribution in [0.25, 0.3) is 10.9 Å². The lowest BCUT2D eigenvalue weighted by Crippen LogP contribution is -2.24. The van der Waals surface area contributed by atoms with Crippen LogP contribution in [0.2, 0.25) is 0 Å². The van der Waals surface area contributed by atoms with Gasteiger partial charge in [-0.2, -0.15) is 0 Å². The topological polar surface area (TPSA) is 62.3 Å². The van der Waals surface area contributed by atoms with E-state index in [0.717, 1.165) is 0 Å². The Morgan fingerprint density at radius 3 is 3.00 bits per heavy atom. The first kappa shape index (κ1) is 11.6. The van der Waals surface area contributed by atoms with E-state index in [-0.39, 0.29) is 12.2 Å². The van der Waals surface area contributed by atoms with Crippen LogP contribution in [-0.2, 0) is 16.0 Å². The van der Waals surface area contributed by atoms with Crippen molar-refractivity contribution < 1.29 is 19.0 Å². The third kappa shape index (κ3) is 2.14. The number of aromatic nitrogens is 1. The minimum atomic E-state index is -1.06. The zero-order valence-corrected chi connectivity index (χ0v) is 9.24. The van der Waals surface area contributed by atoms with Gasteiger partial charge in [0.25, 0.3) is 0 Å². The highest BCUT2D eigenvalue weighted by Crippen LogP contribution is 2.23. The van der Waals surface area contributed by atoms with Crippen LogP contribution in [0.3, 0.4) is 0 Å². The van der Waals surface area contributed by atoms with Gasteiger partial charge in [-0.15, -0.1) is 0 Å². The number of nitrogens with one attached hydrogen (secondary N) is 1. The zero-order chi connectivity index (χ0) is 12.4. The second-order valence-electron chi connectivity index (χ2n) is 3.74. The van der Waals surface area contributed by atoms with Crippen LogP contribution in [0, 0.1) is 5.82 Å². The van der Waals surface area contributed by atoms with E-state index in [1.165, 1.54) is 13.2 Å². The number of ether oxygens (including phenoxy) is 1. The molecule has 0 aliphatic rings. The molecular weight excluding hydrogens is 225 g/mol. The minimum Gasteiger partial charge on any atom is -0.479 e. The molecule has 0 spiro atoms. The molecule has 1 atom stereocenters. The first-order chi connectivity index (χ1) is 8.13. The fraction of sp³-hybridized carbons (Fsp3) is 0.250. The van der Waals surface area contributed by atoms with Gasteiger partial charge in [-0.05, 0) is 17.7 Å². The van der Waals surface area contributed by atoms with Gasteiger partial charge in [-0.25, -0.2) is 9.18 Å². The van der Waals surface area contributed by atoms with E-state index in [1.807, 2.05) is 0 Å². The van der Waals surface area contributed by atoms with Crippen LogP contribution in [0.4, 0.5) is 4.39 Å². The number of methoxy groups -OCH3 is 1. The number of aromatic amines is 1. The molecule has 0 radical (unpaired) electrons. The lowest BCUT2D eigenvalue weighted by Gasteiger charge is -2.09. The summed E-state index contributed by atoms with van der Waals surface area (Å²) in [4.78, 5) is 13.8. The quantitative estimate of drug-likeness (QED) is 0.854. The molecular formula is C12H12FNO3. The molecule has 5 heteroatoms. The van der Waals surface area contributed by atoms with Crippen LogP contribution < -0.4 is 0 Å².